The van der Waals surface area contributed by atoms with Crippen molar-refractivity contribution in [1.82, 2.24) is 10.5 Å². The molecule has 2 atom stereocenters. The predicted molar refractivity (Wildman–Crippen MR) is 89.5 cm³/mol. The maximum atomic E-state index is 13.6. The summed E-state index contributed by atoms with van der Waals surface area (Å²) in [6, 6.07) is 4.46. The van der Waals surface area contributed by atoms with Gasteiger partial charge in [-0.3, -0.25) is 0 Å². The first-order chi connectivity index (χ1) is 12.0. The summed E-state index contributed by atoms with van der Waals surface area (Å²) in [6.07, 6.45) is 1.71. The first-order valence-corrected chi connectivity index (χ1v) is 8.06. The van der Waals surface area contributed by atoms with Gasteiger partial charge in [0.2, 0.25) is 0 Å². The van der Waals surface area contributed by atoms with Gasteiger partial charge in [-0.05, 0) is 44.5 Å². The van der Waals surface area contributed by atoms with Gasteiger partial charge >= 0.3 is 5.97 Å². The van der Waals surface area contributed by atoms with Crippen molar-refractivity contribution in [3.63, 3.8) is 0 Å². The summed E-state index contributed by atoms with van der Waals surface area (Å²) < 4.78 is 23.8. The number of nitrogens with one attached hydrogen (secondary N) is 2. The molecule has 1 aliphatic heterocycles. The van der Waals surface area contributed by atoms with Crippen LogP contribution in [-0.2, 0) is 0 Å². The normalized spacial score (nSPS) is 20.3. The molecule has 1 aromatic heterocycles. The minimum absolute atomic E-state index is 0.00641. The summed E-state index contributed by atoms with van der Waals surface area (Å²) in [4.78, 5) is 11.7. The Labute approximate surface area is 144 Å². The van der Waals surface area contributed by atoms with Crippen LogP contribution in [0, 0.1) is 5.82 Å². The van der Waals surface area contributed by atoms with Gasteiger partial charge in [0, 0.05) is 17.6 Å². The Balaban J connectivity index is 1.93. The summed E-state index contributed by atoms with van der Waals surface area (Å²) in [5, 5.41) is 20.0. The van der Waals surface area contributed by atoms with Gasteiger partial charge in [-0.1, -0.05) is 5.16 Å². The van der Waals surface area contributed by atoms with Gasteiger partial charge in [0.25, 0.3) is 0 Å². The lowest BCUT2D eigenvalue weighted by Gasteiger charge is -2.28. The van der Waals surface area contributed by atoms with Crippen molar-refractivity contribution in [3.05, 3.63) is 29.6 Å². The van der Waals surface area contributed by atoms with Gasteiger partial charge in [-0.15, -0.1) is 0 Å². The minimum Gasteiger partial charge on any atom is -0.494 e. The van der Waals surface area contributed by atoms with E-state index in [9.17, 15) is 14.3 Å². The predicted octanol–water partition coefficient (Wildman–Crippen LogP) is 2.74. The van der Waals surface area contributed by atoms with E-state index in [-0.39, 0.29) is 28.9 Å². The lowest BCUT2D eigenvalue weighted by molar-refractivity contribution is 0.0698. The van der Waals surface area contributed by atoms with E-state index in [1.165, 1.54) is 25.3 Å². The number of benzene rings is 1. The van der Waals surface area contributed by atoms with E-state index in [0.29, 0.717) is 11.6 Å². The summed E-state index contributed by atoms with van der Waals surface area (Å²) >= 11 is 0. The fourth-order valence-electron chi connectivity index (χ4n) is 3.04. The number of hydrogen-bond acceptors (Lipinski definition) is 6. The second-order valence-corrected chi connectivity index (χ2v) is 6.11. The third-order valence-electron chi connectivity index (χ3n) is 4.28. The molecule has 0 aliphatic carbocycles. The standard InChI is InChI=1S/C17H20FN3O4/c1-9-7-11(5-6-19-9)20-16-14(17(22)23)15(25-21-16)10-3-4-12(18)13(8-10)24-2/h3-4,8-9,11,19H,5-7H2,1-2H3,(H,20,21)(H,22,23)/t9-,11+/m1/s1. The zero-order valence-corrected chi connectivity index (χ0v) is 14.0. The monoisotopic (exact) mass is 349 g/mol. The van der Waals surface area contributed by atoms with Crippen LogP contribution in [0.3, 0.4) is 0 Å². The van der Waals surface area contributed by atoms with E-state index in [2.05, 4.69) is 22.7 Å². The zero-order valence-electron chi connectivity index (χ0n) is 14.0. The van der Waals surface area contributed by atoms with Crippen LogP contribution < -0.4 is 15.4 Å². The third-order valence-corrected chi connectivity index (χ3v) is 4.28. The Morgan fingerprint density at radius 3 is 3.00 bits per heavy atom. The molecule has 0 amide bonds. The van der Waals surface area contributed by atoms with E-state index in [1.807, 2.05) is 0 Å². The highest BCUT2D eigenvalue weighted by Crippen LogP contribution is 2.33. The number of methoxy groups -OCH3 is 1. The van der Waals surface area contributed by atoms with E-state index in [0.717, 1.165) is 19.4 Å². The highest BCUT2D eigenvalue weighted by atomic mass is 19.1. The number of carbonyl (C=O) groups is 1. The minimum atomic E-state index is -1.16. The molecular formula is C17H20FN3O4. The Morgan fingerprint density at radius 1 is 1.52 bits per heavy atom. The van der Waals surface area contributed by atoms with Crippen molar-refractivity contribution >= 4 is 11.8 Å². The summed E-state index contributed by atoms with van der Waals surface area (Å²) in [7, 11) is 1.34. The fraction of sp³-hybridized carbons (Fsp3) is 0.412. The molecule has 0 saturated carbocycles. The highest BCUT2D eigenvalue weighted by molar-refractivity contribution is 5.99. The molecule has 1 aliphatic rings. The third kappa shape index (κ3) is 3.58. The number of anilines is 1. The average Bonchev–Trinajstić information content (AvgIpc) is 2.99. The maximum Gasteiger partial charge on any atom is 0.343 e. The van der Waals surface area contributed by atoms with Crippen LogP contribution in [0.25, 0.3) is 11.3 Å². The largest absolute Gasteiger partial charge is 0.494 e. The molecule has 7 nitrogen and oxygen atoms in total. The number of rotatable bonds is 5. The molecular weight excluding hydrogens is 329 g/mol. The molecule has 8 heteroatoms. The van der Waals surface area contributed by atoms with Gasteiger partial charge in [0.1, 0.15) is 0 Å². The number of aromatic carboxylic acids is 1. The molecule has 25 heavy (non-hydrogen) atoms. The molecule has 2 aromatic rings. The van der Waals surface area contributed by atoms with Crippen molar-refractivity contribution in [2.75, 3.05) is 19.0 Å². The number of hydrogen-bond donors (Lipinski definition) is 3. The van der Waals surface area contributed by atoms with Crippen LogP contribution in [0.1, 0.15) is 30.1 Å². The molecule has 0 spiro atoms. The molecule has 3 rings (SSSR count). The Kier molecular flexibility index (Phi) is 4.89. The van der Waals surface area contributed by atoms with Crippen LogP contribution >= 0.6 is 0 Å². The first kappa shape index (κ1) is 17.2. The van der Waals surface area contributed by atoms with Crippen molar-refractivity contribution < 1.29 is 23.6 Å². The van der Waals surface area contributed by atoms with E-state index < -0.39 is 11.8 Å². The van der Waals surface area contributed by atoms with Gasteiger partial charge in [0.05, 0.1) is 7.11 Å². The number of carboxylic acid groups (broad SMARTS) is 1. The molecule has 1 saturated heterocycles. The van der Waals surface area contributed by atoms with Crippen molar-refractivity contribution in [2.45, 2.75) is 31.8 Å². The van der Waals surface area contributed by atoms with Gasteiger partial charge in [0.15, 0.2) is 28.7 Å². The SMILES string of the molecule is COc1cc(-c2onc(N[C@H]3CCN[C@H](C)C3)c2C(=O)O)ccc1F. The van der Waals surface area contributed by atoms with Crippen LogP contribution in [0.5, 0.6) is 5.75 Å². The van der Waals surface area contributed by atoms with Crippen molar-refractivity contribution in [2.24, 2.45) is 0 Å². The first-order valence-electron chi connectivity index (χ1n) is 8.06. The van der Waals surface area contributed by atoms with Crippen molar-refractivity contribution in [3.8, 4) is 17.1 Å². The molecule has 134 valence electrons. The summed E-state index contributed by atoms with van der Waals surface area (Å²) in [5.41, 5.74) is 0.315. The van der Waals surface area contributed by atoms with Crippen LogP contribution in [0.2, 0.25) is 0 Å². The quantitative estimate of drug-likeness (QED) is 0.764. The zero-order chi connectivity index (χ0) is 18.0. The van der Waals surface area contributed by atoms with Crippen LogP contribution in [-0.4, -0.2) is 42.0 Å². The van der Waals surface area contributed by atoms with Crippen LogP contribution in [0.15, 0.2) is 22.7 Å². The Morgan fingerprint density at radius 2 is 2.32 bits per heavy atom. The fourth-order valence-corrected chi connectivity index (χ4v) is 3.04. The number of aromatic nitrogens is 1. The lowest BCUT2D eigenvalue weighted by Crippen LogP contribution is -2.41. The average molecular weight is 349 g/mol. The van der Waals surface area contributed by atoms with E-state index >= 15 is 0 Å². The lowest BCUT2D eigenvalue weighted by atomic mass is 10.0. The summed E-state index contributed by atoms with van der Waals surface area (Å²) in [6.45, 7) is 2.92. The van der Waals surface area contributed by atoms with Crippen LogP contribution in [0.4, 0.5) is 10.2 Å². The second-order valence-electron chi connectivity index (χ2n) is 6.11. The number of piperidine rings is 1. The van der Waals surface area contributed by atoms with E-state index in [4.69, 9.17) is 9.26 Å². The van der Waals surface area contributed by atoms with Crippen molar-refractivity contribution in [1.29, 1.82) is 0 Å². The molecule has 2 heterocycles. The number of carboxylic acids is 1. The number of ether oxygens (including phenoxy) is 1. The van der Waals surface area contributed by atoms with Gasteiger partial charge in [-0.2, -0.15) is 0 Å². The number of halogens is 1. The Hall–Kier alpha value is -2.61. The molecule has 3 N–H and O–H groups in total. The highest BCUT2D eigenvalue weighted by Gasteiger charge is 2.27. The van der Waals surface area contributed by atoms with Gasteiger partial charge < -0.3 is 25.0 Å². The number of nitrogens with zero attached hydrogens (tertiary/aromatic N) is 1. The molecule has 1 aromatic carbocycles. The molecule has 0 unspecified atom stereocenters. The smallest absolute Gasteiger partial charge is 0.343 e. The molecule has 0 radical (unpaired) electrons. The topological polar surface area (TPSA) is 96.6 Å². The molecule has 1 fully saturated rings. The second kappa shape index (κ2) is 7.10. The van der Waals surface area contributed by atoms with E-state index in [1.54, 1.807) is 0 Å². The summed E-state index contributed by atoms with van der Waals surface area (Å²) in [5.74, 6) is -1.44. The Bertz CT molecular complexity index is 777. The van der Waals surface area contributed by atoms with Gasteiger partial charge in [-0.25, -0.2) is 9.18 Å². The maximum absolute atomic E-state index is 13.6. The molecule has 0 bridgehead atoms.